The fourth-order valence-electron chi connectivity index (χ4n) is 0.803. The molecule has 0 aromatic heterocycles. The zero-order valence-electron chi connectivity index (χ0n) is 6.79. The number of hydrogen-bond donors (Lipinski definition) is 2. The summed E-state index contributed by atoms with van der Waals surface area (Å²) in [6.45, 7) is 1.93. The molecule has 0 saturated heterocycles. The van der Waals surface area contributed by atoms with Gasteiger partial charge >= 0.3 is 5.97 Å². The molecule has 0 aromatic carbocycles. The molecule has 0 amide bonds. The van der Waals surface area contributed by atoms with Crippen molar-refractivity contribution in [3.8, 4) is 0 Å². The second-order valence-corrected chi connectivity index (χ2v) is 2.50. The monoisotopic (exact) mass is 157 g/mol. The largest absolute Gasteiger partial charge is 0.481 e. The second kappa shape index (κ2) is 5.92. The molecule has 1 atom stereocenters. The first-order chi connectivity index (χ1) is 5.16. The first-order valence-electron chi connectivity index (χ1n) is 3.75. The van der Waals surface area contributed by atoms with Gasteiger partial charge in [-0.1, -0.05) is 12.2 Å². The van der Waals surface area contributed by atoms with Gasteiger partial charge in [-0.25, -0.2) is 0 Å². The van der Waals surface area contributed by atoms with Crippen molar-refractivity contribution in [3.63, 3.8) is 0 Å². The van der Waals surface area contributed by atoms with Gasteiger partial charge in [0.15, 0.2) is 0 Å². The van der Waals surface area contributed by atoms with E-state index in [0.717, 1.165) is 12.8 Å². The average molecular weight is 157 g/mol. The molecule has 0 radical (unpaired) electrons. The Bertz CT molecular complexity index is 143. The SMILES string of the molecule is C/C=C/CCC(N)CC(=O)O. The third-order valence-electron chi connectivity index (χ3n) is 1.38. The molecule has 3 nitrogen and oxygen atoms in total. The van der Waals surface area contributed by atoms with E-state index in [-0.39, 0.29) is 12.5 Å². The minimum Gasteiger partial charge on any atom is -0.481 e. The van der Waals surface area contributed by atoms with E-state index in [4.69, 9.17) is 10.8 Å². The molecule has 0 bridgehead atoms. The molecule has 0 aliphatic heterocycles. The molecule has 0 aliphatic carbocycles. The number of hydrogen-bond acceptors (Lipinski definition) is 2. The number of aliphatic carboxylic acids is 1. The molecular formula is C8H15NO2. The first kappa shape index (κ1) is 10.2. The van der Waals surface area contributed by atoms with Gasteiger partial charge in [0.05, 0.1) is 6.42 Å². The van der Waals surface area contributed by atoms with Crippen LogP contribution in [-0.2, 0) is 4.79 Å². The second-order valence-electron chi connectivity index (χ2n) is 2.50. The summed E-state index contributed by atoms with van der Waals surface area (Å²) in [4.78, 5) is 10.1. The molecule has 0 fully saturated rings. The van der Waals surface area contributed by atoms with Crippen LogP contribution in [0.25, 0.3) is 0 Å². The molecule has 0 aliphatic rings. The lowest BCUT2D eigenvalue weighted by atomic mass is 10.1. The Morgan fingerprint density at radius 2 is 2.36 bits per heavy atom. The van der Waals surface area contributed by atoms with Gasteiger partial charge in [-0.15, -0.1) is 0 Å². The highest BCUT2D eigenvalue weighted by Crippen LogP contribution is 1.99. The Morgan fingerprint density at radius 1 is 1.73 bits per heavy atom. The van der Waals surface area contributed by atoms with Crippen LogP contribution in [0.1, 0.15) is 26.2 Å². The number of carbonyl (C=O) groups is 1. The van der Waals surface area contributed by atoms with Crippen molar-refractivity contribution in [1.82, 2.24) is 0 Å². The van der Waals surface area contributed by atoms with Crippen LogP contribution in [0, 0.1) is 0 Å². The summed E-state index contributed by atoms with van der Waals surface area (Å²) in [7, 11) is 0. The minimum absolute atomic E-state index is 0.0670. The normalized spacial score (nSPS) is 13.6. The summed E-state index contributed by atoms with van der Waals surface area (Å²) in [5.41, 5.74) is 5.50. The van der Waals surface area contributed by atoms with Crippen molar-refractivity contribution >= 4 is 5.97 Å². The lowest BCUT2D eigenvalue weighted by Crippen LogP contribution is -2.23. The smallest absolute Gasteiger partial charge is 0.304 e. The van der Waals surface area contributed by atoms with Crippen molar-refractivity contribution in [2.75, 3.05) is 0 Å². The Hall–Kier alpha value is -0.830. The molecule has 0 spiro atoms. The molecule has 0 saturated carbocycles. The van der Waals surface area contributed by atoms with Gasteiger partial charge in [-0.2, -0.15) is 0 Å². The number of nitrogens with two attached hydrogens (primary N) is 1. The van der Waals surface area contributed by atoms with Gasteiger partial charge in [0, 0.05) is 6.04 Å². The van der Waals surface area contributed by atoms with E-state index in [1.165, 1.54) is 0 Å². The quantitative estimate of drug-likeness (QED) is 0.588. The lowest BCUT2D eigenvalue weighted by Gasteiger charge is -2.05. The number of carboxylic acids is 1. The van der Waals surface area contributed by atoms with Gasteiger partial charge in [-0.3, -0.25) is 4.79 Å². The van der Waals surface area contributed by atoms with Crippen molar-refractivity contribution in [3.05, 3.63) is 12.2 Å². The van der Waals surface area contributed by atoms with E-state index in [0.29, 0.717) is 0 Å². The molecule has 0 aromatic rings. The summed E-state index contributed by atoms with van der Waals surface area (Å²) >= 11 is 0. The van der Waals surface area contributed by atoms with Crippen LogP contribution < -0.4 is 5.73 Å². The Balaban J connectivity index is 3.36. The third-order valence-corrected chi connectivity index (χ3v) is 1.38. The van der Waals surface area contributed by atoms with Gasteiger partial charge in [-0.05, 0) is 19.8 Å². The van der Waals surface area contributed by atoms with Gasteiger partial charge in [0.25, 0.3) is 0 Å². The van der Waals surface area contributed by atoms with Crippen LogP contribution >= 0.6 is 0 Å². The summed E-state index contributed by atoms with van der Waals surface area (Å²) in [5, 5.41) is 8.34. The van der Waals surface area contributed by atoms with E-state index < -0.39 is 5.97 Å². The van der Waals surface area contributed by atoms with E-state index >= 15 is 0 Å². The predicted octanol–water partition coefficient (Wildman–Crippen LogP) is 1.14. The molecule has 64 valence electrons. The maximum absolute atomic E-state index is 10.1. The maximum atomic E-state index is 10.1. The number of rotatable bonds is 5. The predicted molar refractivity (Wildman–Crippen MR) is 44.3 cm³/mol. The zero-order chi connectivity index (χ0) is 8.69. The average Bonchev–Trinajstić information content (AvgIpc) is 1.86. The van der Waals surface area contributed by atoms with E-state index in [1.54, 1.807) is 0 Å². The van der Waals surface area contributed by atoms with Crippen molar-refractivity contribution in [2.45, 2.75) is 32.2 Å². The van der Waals surface area contributed by atoms with Crippen molar-refractivity contribution in [2.24, 2.45) is 5.73 Å². The molecular weight excluding hydrogens is 142 g/mol. The van der Waals surface area contributed by atoms with E-state index in [9.17, 15) is 4.79 Å². The van der Waals surface area contributed by atoms with Crippen LogP contribution in [0.5, 0.6) is 0 Å². The van der Waals surface area contributed by atoms with Gasteiger partial charge in [0.1, 0.15) is 0 Å². The first-order valence-corrected chi connectivity index (χ1v) is 3.75. The summed E-state index contributed by atoms with van der Waals surface area (Å²) in [6, 6.07) is -0.205. The fourth-order valence-corrected chi connectivity index (χ4v) is 0.803. The molecule has 0 heterocycles. The summed E-state index contributed by atoms with van der Waals surface area (Å²) in [5.74, 6) is -0.821. The van der Waals surface area contributed by atoms with Crippen LogP contribution in [0.15, 0.2) is 12.2 Å². The number of carboxylic acid groups (broad SMARTS) is 1. The van der Waals surface area contributed by atoms with Gasteiger partial charge < -0.3 is 10.8 Å². The van der Waals surface area contributed by atoms with E-state index in [2.05, 4.69) is 0 Å². The van der Waals surface area contributed by atoms with Gasteiger partial charge in [0.2, 0.25) is 0 Å². The van der Waals surface area contributed by atoms with E-state index in [1.807, 2.05) is 19.1 Å². The van der Waals surface area contributed by atoms with Crippen LogP contribution in [0.3, 0.4) is 0 Å². The topological polar surface area (TPSA) is 63.3 Å². The Morgan fingerprint density at radius 3 is 2.82 bits per heavy atom. The van der Waals surface area contributed by atoms with Crippen molar-refractivity contribution in [1.29, 1.82) is 0 Å². The fraction of sp³-hybridized carbons (Fsp3) is 0.625. The zero-order valence-corrected chi connectivity index (χ0v) is 6.79. The molecule has 1 unspecified atom stereocenters. The van der Waals surface area contributed by atoms with Crippen LogP contribution in [0.4, 0.5) is 0 Å². The van der Waals surface area contributed by atoms with Crippen LogP contribution in [-0.4, -0.2) is 17.1 Å². The maximum Gasteiger partial charge on any atom is 0.304 e. The standard InChI is InChI=1S/C8H15NO2/c1-2-3-4-5-7(9)6-8(10)11/h2-3,7H,4-6,9H2,1H3,(H,10,11)/b3-2+. The minimum atomic E-state index is -0.821. The molecule has 11 heavy (non-hydrogen) atoms. The molecule has 0 rings (SSSR count). The number of allylic oxidation sites excluding steroid dienone is 2. The molecule has 3 heteroatoms. The third kappa shape index (κ3) is 7.06. The Labute approximate surface area is 66.9 Å². The Kier molecular flexibility index (Phi) is 5.47. The van der Waals surface area contributed by atoms with Crippen LogP contribution in [0.2, 0.25) is 0 Å². The molecule has 3 N–H and O–H groups in total. The lowest BCUT2D eigenvalue weighted by molar-refractivity contribution is -0.137. The highest BCUT2D eigenvalue weighted by molar-refractivity contribution is 5.67. The highest BCUT2D eigenvalue weighted by atomic mass is 16.4. The van der Waals surface area contributed by atoms with Crippen molar-refractivity contribution < 1.29 is 9.90 Å². The summed E-state index contributed by atoms with van der Waals surface area (Å²) in [6.07, 6.45) is 5.61. The summed E-state index contributed by atoms with van der Waals surface area (Å²) < 4.78 is 0. The highest BCUT2D eigenvalue weighted by Gasteiger charge is 2.05.